The number of hydrogen-bond donors (Lipinski definition) is 1. The second-order valence-corrected chi connectivity index (χ2v) is 6.94. The molecule has 2 aromatic heterocycles. The molecule has 0 unspecified atom stereocenters. The minimum Gasteiger partial charge on any atom is -0.349 e. The predicted molar refractivity (Wildman–Crippen MR) is 88.2 cm³/mol. The molecule has 5 nitrogen and oxygen atoms in total. The number of nitrogens with zero attached hydrogens (tertiary/aromatic N) is 3. The van der Waals surface area contributed by atoms with Crippen molar-refractivity contribution in [2.75, 3.05) is 13.1 Å². The van der Waals surface area contributed by atoms with E-state index in [0.29, 0.717) is 18.3 Å². The van der Waals surface area contributed by atoms with Gasteiger partial charge in [0.1, 0.15) is 5.69 Å². The highest BCUT2D eigenvalue weighted by atomic mass is 32.1. The predicted octanol–water partition coefficient (Wildman–Crippen LogP) is 1.97. The summed E-state index contributed by atoms with van der Waals surface area (Å²) in [6.07, 6.45) is 1.12. The van der Waals surface area contributed by atoms with Crippen LogP contribution in [0.4, 0.5) is 0 Å². The summed E-state index contributed by atoms with van der Waals surface area (Å²) in [5.74, 6) is -0.0526. The maximum atomic E-state index is 12.2. The zero-order valence-electron chi connectivity index (χ0n) is 13.3. The fourth-order valence-corrected chi connectivity index (χ4v) is 3.82. The molecule has 0 bridgehead atoms. The number of rotatable bonds is 4. The standard InChI is InChI=1S/C16H22N4OS/c1-11-8-14(19(3)18-11)16(21)17-9-12(2)20-6-4-15-13(10-20)5-7-22-15/h5,7-8,12H,4,6,9-10H2,1-3H3,(H,17,21)/t12-/m0/s1. The van der Waals surface area contributed by atoms with Gasteiger partial charge in [0.15, 0.2) is 0 Å². The van der Waals surface area contributed by atoms with Crippen LogP contribution in [-0.2, 0) is 20.0 Å². The molecule has 2 aromatic rings. The Morgan fingerprint density at radius 3 is 3.09 bits per heavy atom. The molecular formula is C16H22N4OS. The zero-order valence-corrected chi connectivity index (χ0v) is 14.1. The Morgan fingerprint density at radius 2 is 2.36 bits per heavy atom. The second-order valence-electron chi connectivity index (χ2n) is 5.94. The fraction of sp³-hybridized carbons (Fsp3) is 0.500. The van der Waals surface area contributed by atoms with Gasteiger partial charge < -0.3 is 5.32 Å². The van der Waals surface area contributed by atoms with Crippen molar-refractivity contribution in [3.05, 3.63) is 39.3 Å². The van der Waals surface area contributed by atoms with Crippen molar-refractivity contribution in [3.63, 3.8) is 0 Å². The summed E-state index contributed by atoms with van der Waals surface area (Å²) in [7, 11) is 1.80. The van der Waals surface area contributed by atoms with Crippen molar-refractivity contribution >= 4 is 17.2 Å². The molecule has 1 amide bonds. The van der Waals surface area contributed by atoms with Crippen LogP contribution in [0.15, 0.2) is 17.5 Å². The molecule has 1 aliphatic heterocycles. The number of nitrogens with one attached hydrogen (secondary N) is 1. The summed E-state index contributed by atoms with van der Waals surface area (Å²) < 4.78 is 1.63. The maximum Gasteiger partial charge on any atom is 0.269 e. The summed E-state index contributed by atoms with van der Waals surface area (Å²) in [5.41, 5.74) is 2.92. The largest absolute Gasteiger partial charge is 0.349 e. The van der Waals surface area contributed by atoms with Gasteiger partial charge in [0, 0.05) is 37.6 Å². The Labute approximate surface area is 134 Å². The topological polar surface area (TPSA) is 50.2 Å². The summed E-state index contributed by atoms with van der Waals surface area (Å²) in [6, 6.07) is 4.36. The van der Waals surface area contributed by atoms with Gasteiger partial charge in [-0.2, -0.15) is 5.10 Å². The molecule has 1 N–H and O–H groups in total. The van der Waals surface area contributed by atoms with Gasteiger partial charge in [0.05, 0.1) is 5.69 Å². The SMILES string of the molecule is Cc1cc(C(=O)NC[C@H](C)N2CCc3sccc3C2)n(C)n1. The molecule has 118 valence electrons. The van der Waals surface area contributed by atoms with Crippen LogP contribution < -0.4 is 5.32 Å². The van der Waals surface area contributed by atoms with Gasteiger partial charge in [0.2, 0.25) is 0 Å². The first-order valence-corrected chi connectivity index (χ1v) is 8.50. The molecule has 0 aliphatic carbocycles. The Hall–Kier alpha value is -1.66. The van der Waals surface area contributed by atoms with Gasteiger partial charge in [0.25, 0.3) is 5.91 Å². The summed E-state index contributed by atoms with van der Waals surface area (Å²) >= 11 is 1.85. The number of amides is 1. The highest BCUT2D eigenvalue weighted by Crippen LogP contribution is 2.24. The minimum absolute atomic E-state index is 0.0526. The van der Waals surface area contributed by atoms with Crippen LogP contribution in [0.25, 0.3) is 0 Å². The average Bonchev–Trinajstić information content (AvgIpc) is 3.09. The van der Waals surface area contributed by atoms with Crippen molar-refractivity contribution < 1.29 is 4.79 Å². The lowest BCUT2D eigenvalue weighted by Gasteiger charge is -2.32. The van der Waals surface area contributed by atoms with Gasteiger partial charge in [-0.1, -0.05) is 0 Å². The molecule has 1 atom stereocenters. The van der Waals surface area contributed by atoms with Crippen LogP contribution in [0, 0.1) is 6.92 Å². The van der Waals surface area contributed by atoms with Crippen LogP contribution in [0.2, 0.25) is 0 Å². The quantitative estimate of drug-likeness (QED) is 0.937. The minimum atomic E-state index is -0.0526. The molecule has 0 saturated carbocycles. The van der Waals surface area contributed by atoms with Crippen molar-refractivity contribution in [1.82, 2.24) is 20.0 Å². The molecule has 3 heterocycles. The molecule has 0 radical (unpaired) electrons. The molecule has 6 heteroatoms. The molecule has 22 heavy (non-hydrogen) atoms. The van der Waals surface area contributed by atoms with E-state index in [2.05, 4.69) is 33.7 Å². The van der Waals surface area contributed by atoms with Crippen molar-refractivity contribution in [2.45, 2.75) is 32.9 Å². The molecule has 0 aromatic carbocycles. The maximum absolute atomic E-state index is 12.2. The number of aromatic nitrogens is 2. The van der Waals surface area contributed by atoms with E-state index in [1.165, 1.54) is 10.4 Å². The van der Waals surface area contributed by atoms with E-state index in [4.69, 9.17) is 0 Å². The number of carbonyl (C=O) groups is 1. The van der Waals surface area contributed by atoms with Gasteiger partial charge in [-0.15, -0.1) is 11.3 Å². The second kappa shape index (κ2) is 6.22. The van der Waals surface area contributed by atoms with E-state index in [0.717, 1.165) is 25.2 Å². The number of carbonyl (C=O) groups excluding carboxylic acids is 1. The molecule has 1 aliphatic rings. The molecule has 0 saturated heterocycles. The van der Waals surface area contributed by atoms with E-state index in [1.54, 1.807) is 11.7 Å². The van der Waals surface area contributed by atoms with E-state index >= 15 is 0 Å². The van der Waals surface area contributed by atoms with Crippen molar-refractivity contribution in [2.24, 2.45) is 7.05 Å². The third-order valence-electron chi connectivity index (χ3n) is 4.25. The number of hydrogen-bond acceptors (Lipinski definition) is 4. The lowest BCUT2D eigenvalue weighted by Crippen LogP contribution is -2.44. The normalized spacial score (nSPS) is 16.3. The summed E-state index contributed by atoms with van der Waals surface area (Å²) in [4.78, 5) is 16.2. The highest BCUT2D eigenvalue weighted by molar-refractivity contribution is 7.10. The number of thiophene rings is 1. The van der Waals surface area contributed by atoms with Gasteiger partial charge in [-0.05, 0) is 43.3 Å². The van der Waals surface area contributed by atoms with Crippen LogP contribution >= 0.6 is 11.3 Å². The summed E-state index contributed by atoms with van der Waals surface area (Å²) in [5, 5.41) is 9.42. The summed E-state index contributed by atoms with van der Waals surface area (Å²) in [6.45, 7) is 6.77. The number of fused-ring (bicyclic) bond motifs is 1. The zero-order chi connectivity index (χ0) is 15.7. The third kappa shape index (κ3) is 3.08. The Morgan fingerprint density at radius 1 is 1.55 bits per heavy atom. The van der Waals surface area contributed by atoms with Crippen LogP contribution in [-0.4, -0.2) is 39.7 Å². The lowest BCUT2D eigenvalue weighted by molar-refractivity contribution is 0.0923. The highest BCUT2D eigenvalue weighted by Gasteiger charge is 2.22. The van der Waals surface area contributed by atoms with E-state index < -0.39 is 0 Å². The molecule has 3 rings (SSSR count). The van der Waals surface area contributed by atoms with Crippen molar-refractivity contribution in [3.8, 4) is 0 Å². The smallest absolute Gasteiger partial charge is 0.269 e. The molecule has 0 spiro atoms. The third-order valence-corrected chi connectivity index (χ3v) is 5.28. The Bertz CT molecular complexity index is 675. The molecular weight excluding hydrogens is 296 g/mol. The van der Waals surface area contributed by atoms with Gasteiger partial charge in [-0.25, -0.2) is 0 Å². The van der Waals surface area contributed by atoms with E-state index in [9.17, 15) is 4.79 Å². The first-order valence-electron chi connectivity index (χ1n) is 7.62. The Kier molecular flexibility index (Phi) is 4.31. The molecule has 0 fully saturated rings. The van der Waals surface area contributed by atoms with E-state index in [1.807, 2.05) is 24.3 Å². The average molecular weight is 318 g/mol. The number of aryl methyl sites for hydroxylation is 2. The fourth-order valence-electron chi connectivity index (χ4n) is 2.93. The monoisotopic (exact) mass is 318 g/mol. The van der Waals surface area contributed by atoms with Crippen LogP contribution in [0.3, 0.4) is 0 Å². The van der Waals surface area contributed by atoms with Crippen molar-refractivity contribution in [1.29, 1.82) is 0 Å². The lowest BCUT2D eigenvalue weighted by atomic mass is 10.1. The van der Waals surface area contributed by atoms with Crippen LogP contribution in [0.5, 0.6) is 0 Å². The van der Waals surface area contributed by atoms with Gasteiger partial charge in [-0.3, -0.25) is 14.4 Å². The van der Waals surface area contributed by atoms with Gasteiger partial charge >= 0.3 is 0 Å². The Balaban J connectivity index is 1.55. The van der Waals surface area contributed by atoms with Crippen LogP contribution in [0.1, 0.15) is 33.5 Å². The van der Waals surface area contributed by atoms with E-state index in [-0.39, 0.29) is 5.91 Å². The first kappa shape index (κ1) is 15.2. The first-order chi connectivity index (χ1) is 10.5.